The first-order valence-electron chi connectivity index (χ1n) is 5.66. The quantitative estimate of drug-likeness (QED) is 0.839. The summed E-state index contributed by atoms with van der Waals surface area (Å²) in [7, 11) is 0. The van der Waals surface area contributed by atoms with Crippen LogP contribution in [0.3, 0.4) is 0 Å². The molecule has 2 N–H and O–H groups in total. The fraction of sp³-hybridized carbons (Fsp3) is 0.231. The predicted octanol–water partition coefficient (Wildman–Crippen LogP) is 2.23. The molecule has 5 heteroatoms. The molecule has 1 aromatic heterocycles. The summed E-state index contributed by atoms with van der Waals surface area (Å²) in [6, 6.07) is 7.11. The Balaban J connectivity index is 2.25. The average molecular weight is 262 g/mol. The van der Waals surface area contributed by atoms with Crippen molar-refractivity contribution in [1.29, 1.82) is 0 Å². The van der Waals surface area contributed by atoms with Crippen molar-refractivity contribution >= 4 is 17.1 Å². The molecule has 0 amide bonds. The van der Waals surface area contributed by atoms with Crippen LogP contribution >= 0.6 is 11.3 Å². The fourth-order valence-electron chi connectivity index (χ4n) is 1.55. The lowest BCUT2D eigenvalue weighted by molar-refractivity contribution is 0.103. The molecule has 0 bridgehead atoms. The highest BCUT2D eigenvalue weighted by atomic mass is 32.1. The van der Waals surface area contributed by atoms with E-state index < -0.39 is 0 Å². The summed E-state index contributed by atoms with van der Waals surface area (Å²) in [5, 5.41) is 2.50. The minimum absolute atomic E-state index is 0.104. The van der Waals surface area contributed by atoms with Crippen molar-refractivity contribution in [3.63, 3.8) is 0 Å². The van der Waals surface area contributed by atoms with Gasteiger partial charge in [-0.15, -0.1) is 11.3 Å². The third kappa shape index (κ3) is 2.75. The Bertz CT molecular complexity index is 551. The van der Waals surface area contributed by atoms with Crippen molar-refractivity contribution in [2.24, 2.45) is 5.73 Å². The highest BCUT2D eigenvalue weighted by Gasteiger charge is 2.13. The Hall–Kier alpha value is -1.72. The monoisotopic (exact) mass is 262 g/mol. The van der Waals surface area contributed by atoms with Gasteiger partial charge in [-0.05, 0) is 19.1 Å². The number of aromatic nitrogens is 1. The number of carbonyl (C=O) groups excluding carboxylic acids is 1. The normalized spacial score (nSPS) is 10.3. The van der Waals surface area contributed by atoms with Gasteiger partial charge < -0.3 is 10.5 Å². The van der Waals surface area contributed by atoms with E-state index in [0.29, 0.717) is 30.2 Å². The fourth-order valence-corrected chi connectivity index (χ4v) is 2.21. The molecule has 0 saturated heterocycles. The summed E-state index contributed by atoms with van der Waals surface area (Å²) in [4.78, 5) is 16.4. The standard InChI is InChI=1S/C13H14N2O2S/c1-2-17-10-5-3-4-9(6-10)13(16)11-8-18-12(7-14)15-11/h3-6,8H,2,7,14H2,1H3. The summed E-state index contributed by atoms with van der Waals surface area (Å²) >= 11 is 1.40. The third-order valence-corrected chi connectivity index (χ3v) is 3.24. The smallest absolute Gasteiger partial charge is 0.212 e. The van der Waals surface area contributed by atoms with Crippen molar-refractivity contribution in [2.75, 3.05) is 6.61 Å². The minimum atomic E-state index is -0.104. The van der Waals surface area contributed by atoms with Gasteiger partial charge in [0.2, 0.25) is 5.78 Å². The SMILES string of the molecule is CCOc1cccc(C(=O)c2csc(CN)n2)c1. The molecule has 18 heavy (non-hydrogen) atoms. The number of carbonyl (C=O) groups is 1. The van der Waals surface area contributed by atoms with Crippen LogP contribution in [0.4, 0.5) is 0 Å². The highest BCUT2D eigenvalue weighted by Crippen LogP contribution is 2.18. The Morgan fingerprint density at radius 2 is 2.33 bits per heavy atom. The predicted molar refractivity (Wildman–Crippen MR) is 71.0 cm³/mol. The van der Waals surface area contributed by atoms with Gasteiger partial charge in [-0.1, -0.05) is 12.1 Å². The average Bonchev–Trinajstić information content (AvgIpc) is 2.87. The molecule has 94 valence electrons. The van der Waals surface area contributed by atoms with Crippen LogP contribution in [0.15, 0.2) is 29.6 Å². The number of hydrogen-bond donors (Lipinski definition) is 1. The lowest BCUT2D eigenvalue weighted by atomic mass is 10.1. The summed E-state index contributed by atoms with van der Waals surface area (Å²) in [5.41, 5.74) is 6.50. The lowest BCUT2D eigenvalue weighted by Crippen LogP contribution is -2.04. The van der Waals surface area contributed by atoms with E-state index in [1.165, 1.54) is 11.3 Å². The number of rotatable bonds is 5. The zero-order valence-corrected chi connectivity index (χ0v) is 10.9. The zero-order valence-electron chi connectivity index (χ0n) is 10.1. The van der Waals surface area contributed by atoms with E-state index in [9.17, 15) is 4.79 Å². The second-order valence-corrected chi connectivity index (χ2v) is 4.56. The van der Waals surface area contributed by atoms with Crippen molar-refractivity contribution in [2.45, 2.75) is 13.5 Å². The van der Waals surface area contributed by atoms with Crippen LogP contribution < -0.4 is 10.5 Å². The van der Waals surface area contributed by atoms with Crippen LogP contribution in [0.1, 0.15) is 28.0 Å². The van der Waals surface area contributed by atoms with Gasteiger partial charge in [0, 0.05) is 17.5 Å². The lowest BCUT2D eigenvalue weighted by Gasteiger charge is -2.04. The van der Waals surface area contributed by atoms with E-state index in [1.54, 1.807) is 23.6 Å². The molecule has 0 aliphatic rings. The Morgan fingerprint density at radius 3 is 3.00 bits per heavy atom. The molecule has 0 atom stereocenters. The van der Waals surface area contributed by atoms with Crippen molar-refractivity contribution in [3.05, 3.63) is 45.9 Å². The van der Waals surface area contributed by atoms with E-state index in [2.05, 4.69) is 4.98 Å². The molecule has 0 unspecified atom stereocenters. The third-order valence-electron chi connectivity index (χ3n) is 2.37. The van der Waals surface area contributed by atoms with Crippen LogP contribution in [0.25, 0.3) is 0 Å². The Kier molecular flexibility index (Phi) is 4.07. The molecule has 0 spiro atoms. The molecule has 0 aliphatic heterocycles. The number of ether oxygens (including phenoxy) is 1. The van der Waals surface area contributed by atoms with E-state index in [1.807, 2.05) is 13.0 Å². The molecule has 0 radical (unpaired) electrons. The molecule has 0 saturated carbocycles. The van der Waals surface area contributed by atoms with E-state index in [-0.39, 0.29) is 5.78 Å². The largest absolute Gasteiger partial charge is 0.494 e. The zero-order chi connectivity index (χ0) is 13.0. The molecule has 4 nitrogen and oxygen atoms in total. The van der Waals surface area contributed by atoms with E-state index >= 15 is 0 Å². The van der Waals surface area contributed by atoms with Crippen LogP contribution in [0.2, 0.25) is 0 Å². The van der Waals surface area contributed by atoms with Gasteiger partial charge in [0.25, 0.3) is 0 Å². The summed E-state index contributed by atoms with van der Waals surface area (Å²) in [6.07, 6.45) is 0. The van der Waals surface area contributed by atoms with Crippen LogP contribution in [-0.4, -0.2) is 17.4 Å². The van der Waals surface area contributed by atoms with Gasteiger partial charge in [0.05, 0.1) is 6.61 Å². The Labute approximate surface area is 109 Å². The van der Waals surface area contributed by atoms with Crippen molar-refractivity contribution in [3.8, 4) is 5.75 Å². The summed E-state index contributed by atoms with van der Waals surface area (Å²) < 4.78 is 5.37. The summed E-state index contributed by atoms with van der Waals surface area (Å²) in [6.45, 7) is 2.84. The first kappa shape index (κ1) is 12.7. The Morgan fingerprint density at radius 1 is 1.50 bits per heavy atom. The number of thiazole rings is 1. The minimum Gasteiger partial charge on any atom is -0.494 e. The molecular formula is C13H14N2O2S. The van der Waals surface area contributed by atoms with Gasteiger partial charge in [0.15, 0.2) is 0 Å². The number of hydrogen-bond acceptors (Lipinski definition) is 5. The van der Waals surface area contributed by atoms with E-state index in [0.717, 1.165) is 5.01 Å². The van der Waals surface area contributed by atoms with E-state index in [4.69, 9.17) is 10.5 Å². The first-order valence-corrected chi connectivity index (χ1v) is 6.54. The van der Waals surface area contributed by atoms with Gasteiger partial charge in [-0.25, -0.2) is 4.98 Å². The van der Waals surface area contributed by atoms with Crippen LogP contribution in [-0.2, 0) is 6.54 Å². The number of ketones is 1. The maximum absolute atomic E-state index is 12.2. The molecule has 0 aliphatic carbocycles. The first-order chi connectivity index (χ1) is 8.74. The highest BCUT2D eigenvalue weighted by molar-refractivity contribution is 7.09. The van der Waals surface area contributed by atoms with Gasteiger partial charge in [0.1, 0.15) is 16.5 Å². The molecule has 1 aromatic carbocycles. The van der Waals surface area contributed by atoms with Crippen molar-refractivity contribution in [1.82, 2.24) is 4.98 Å². The molecule has 0 fully saturated rings. The number of nitrogens with zero attached hydrogens (tertiary/aromatic N) is 1. The number of nitrogens with two attached hydrogens (primary N) is 1. The molecule has 1 heterocycles. The number of benzene rings is 1. The second kappa shape index (κ2) is 5.75. The molecular weight excluding hydrogens is 248 g/mol. The van der Waals surface area contributed by atoms with Crippen LogP contribution in [0.5, 0.6) is 5.75 Å². The molecule has 2 aromatic rings. The summed E-state index contributed by atoms with van der Waals surface area (Å²) in [5.74, 6) is 0.588. The van der Waals surface area contributed by atoms with Crippen LogP contribution in [0, 0.1) is 0 Å². The second-order valence-electron chi connectivity index (χ2n) is 3.62. The van der Waals surface area contributed by atoms with Crippen molar-refractivity contribution < 1.29 is 9.53 Å². The molecule has 2 rings (SSSR count). The van der Waals surface area contributed by atoms with Gasteiger partial charge >= 0.3 is 0 Å². The maximum Gasteiger partial charge on any atom is 0.212 e. The van der Waals surface area contributed by atoms with Gasteiger partial charge in [-0.3, -0.25) is 4.79 Å². The topological polar surface area (TPSA) is 65.2 Å². The maximum atomic E-state index is 12.2. The van der Waals surface area contributed by atoms with Gasteiger partial charge in [-0.2, -0.15) is 0 Å².